The molecule has 0 bridgehead atoms. The molecule has 1 aromatic carbocycles. The number of halogens is 1. The van der Waals surface area contributed by atoms with Crippen LogP contribution in [-0.2, 0) is 11.3 Å². The average Bonchev–Trinajstić information content (AvgIpc) is 2.79. The Labute approximate surface area is 94.0 Å². The molecule has 1 atom stereocenters. The molecule has 1 saturated heterocycles. The van der Waals surface area contributed by atoms with Gasteiger partial charge in [-0.1, -0.05) is 12.1 Å². The van der Waals surface area contributed by atoms with E-state index >= 15 is 0 Å². The molecule has 1 aliphatic heterocycles. The monoisotopic (exact) mass is 222 g/mol. The summed E-state index contributed by atoms with van der Waals surface area (Å²) in [5, 5.41) is 5.92. The van der Waals surface area contributed by atoms with Crippen molar-refractivity contribution >= 4 is 5.91 Å². The zero-order chi connectivity index (χ0) is 11.4. The normalized spacial score (nSPS) is 19.7. The molecule has 1 amide bonds. The molecule has 16 heavy (non-hydrogen) atoms. The summed E-state index contributed by atoms with van der Waals surface area (Å²) >= 11 is 0. The second kappa shape index (κ2) is 5.07. The lowest BCUT2D eigenvalue weighted by atomic mass is 10.2. The average molecular weight is 222 g/mol. The Morgan fingerprint density at radius 2 is 2.44 bits per heavy atom. The predicted molar refractivity (Wildman–Crippen MR) is 59.3 cm³/mol. The Hall–Kier alpha value is -1.42. The zero-order valence-electron chi connectivity index (χ0n) is 9.00. The summed E-state index contributed by atoms with van der Waals surface area (Å²) in [5.74, 6) is -0.271. The highest BCUT2D eigenvalue weighted by atomic mass is 19.1. The number of benzene rings is 1. The van der Waals surface area contributed by atoms with Crippen LogP contribution in [0.15, 0.2) is 24.3 Å². The molecular weight excluding hydrogens is 207 g/mol. The SMILES string of the molecule is O=C(NCc1cccc(F)c1)[C@H]1CCCN1. The van der Waals surface area contributed by atoms with E-state index in [9.17, 15) is 9.18 Å². The highest BCUT2D eigenvalue weighted by molar-refractivity contribution is 5.81. The van der Waals surface area contributed by atoms with Gasteiger partial charge in [-0.3, -0.25) is 4.79 Å². The van der Waals surface area contributed by atoms with Gasteiger partial charge in [-0.15, -0.1) is 0 Å². The summed E-state index contributed by atoms with van der Waals surface area (Å²) < 4.78 is 12.9. The Kier molecular flexibility index (Phi) is 3.51. The summed E-state index contributed by atoms with van der Waals surface area (Å²) in [4.78, 5) is 11.6. The van der Waals surface area contributed by atoms with Crippen LogP contribution in [0, 0.1) is 5.82 Å². The fourth-order valence-corrected chi connectivity index (χ4v) is 1.87. The molecule has 0 saturated carbocycles. The number of nitrogens with one attached hydrogen (secondary N) is 2. The van der Waals surface area contributed by atoms with E-state index in [4.69, 9.17) is 0 Å². The van der Waals surface area contributed by atoms with Gasteiger partial charge >= 0.3 is 0 Å². The van der Waals surface area contributed by atoms with Gasteiger partial charge in [0.25, 0.3) is 0 Å². The highest BCUT2D eigenvalue weighted by Crippen LogP contribution is 2.06. The van der Waals surface area contributed by atoms with Gasteiger partial charge < -0.3 is 10.6 Å². The Balaban J connectivity index is 1.84. The van der Waals surface area contributed by atoms with Crippen LogP contribution < -0.4 is 10.6 Å². The van der Waals surface area contributed by atoms with Crippen molar-refractivity contribution in [2.24, 2.45) is 0 Å². The second-order valence-corrected chi connectivity index (χ2v) is 4.00. The minimum absolute atomic E-state index is 0.00163. The van der Waals surface area contributed by atoms with Crippen molar-refractivity contribution in [1.82, 2.24) is 10.6 Å². The van der Waals surface area contributed by atoms with Gasteiger partial charge in [0.15, 0.2) is 0 Å². The minimum Gasteiger partial charge on any atom is -0.351 e. The Morgan fingerprint density at radius 1 is 1.56 bits per heavy atom. The number of rotatable bonds is 3. The van der Waals surface area contributed by atoms with E-state index in [0.717, 1.165) is 24.9 Å². The summed E-state index contributed by atoms with van der Waals surface area (Å²) in [6, 6.07) is 6.19. The first-order chi connectivity index (χ1) is 7.75. The minimum atomic E-state index is -0.272. The maximum Gasteiger partial charge on any atom is 0.237 e. The molecule has 2 N–H and O–H groups in total. The molecule has 1 aliphatic rings. The Morgan fingerprint density at radius 3 is 3.12 bits per heavy atom. The topological polar surface area (TPSA) is 41.1 Å². The fourth-order valence-electron chi connectivity index (χ4n) is 1.87. The van der Waals surface area contributed by atoms with Crippen molar-refractivity contribution < 1.29 is 9.18 Å². The van der Waals surface area contributed by atoms with Crippen LogP contribution in [0.4, 0.5) is 4.39 Å². The van der Waals surface area contributed by atoms with Crippen LogP contribution >= 0.6 is 0 Å². The van der Waals surface area contributed by atoms with Gasteiger partial charge in [0, 0.05) is 6.54 Å². The van der Waals surface area contributed by atoms with Crippen molar-refractivity contribution in [3.05, 3.63) is 35.6 Å². The standard InChI is InChI=1S/C12H15FN2O/c13-10-4-1-3-9(7-10)8-15-12(16)11-5-2-6-14-11/h1,3-4,7,11,14H,2,5-6,8H2,(H,15,16)/t11-/m1/s1. The van der Waals surface area contributed by atoms with Gasteiger partial charge in [-0.25, -0.2) is 4.39 Å². The van der Waals surface area contributed by atoms with Gasteiger partial charge in [-0.05, 0) is 37.1 Å². The molecule has 0 spiro atoms. The number of carbonyl (C=O) groups is 1. The van der Waals surface area contributed by atoms with Crippen LogP contribution in [0.25, 0.3) is 0 Å². The number of hydrogen-bond acceptors (Lipinski definition) is 2. The van der Waals surface area contributed by atoms with Gasteiger partial charge in [-0.2, -0.15) is 0 Å². The van der Waals surface area contributed by atoms with E-state index in [1.165, 1.54) is 12.1 Å². The van der Waals surface area contributed by atoms with Crippen LogP contribution in [-0.4, -0.2) is 18.5 Å². The molecular formula is C12H15FN2O. The molecule has 0 aliphatic carbocycles. The van der Waals surface area contributed by atoms with Gasteiger partial charge in [0.1, 0.15) is 5.82 Å². The van der Waals surface area contributed by atoms with E-state index in [-0.39, 0.29) is 17.8 Å². The van der Waals surface area contributed by atoms with E-state index in [0.29, 0.717) is 6.54 Å². The van der Waals surface area contributed by atoms with E-state index in [1.807, 2.05) is 0 Å². The van der Waals surface area contributed by atoms with Crippen molar-refractivity contribution in [3.63, 3.8) is 0 Å². The molecule has 1 heterocycles. The van der Waals surface area contributed by atoms with Crippen molar-refractivity contribution in [2.75, 3.05) is 6.54 Å². The summed E-state index contributed by atoms with van der Waals surface area (Å²) in [5.41, 5.74) is 0.784. The molecule has 2 rings (SSSR count). The van der Waals surface area contributed by atoms with E-state index < -0.39 is 0 Å². The molecule has 86 valence electrons. The first kappa shape index (κ1) is 11.1. The zero-order valence-corrected chi connectivity index (χ0v) is 9.00. The quantitative estimate of drug-likeness (QED) is 0.806. The first-order valence-corrected chi connectivity index (χ1v) is 5.51. The lowest BCUT2D eigenvalue weighted by Gasteiger charge is -2.10. The second-order valence-electron chi connectivity index (χ2n) is 4.00. The van der Waals surface area contributed by atoms with Crippen LogP contribution in [0.1, 0.15) is 18.4 Å². The third-order valence-electron chi connectivity index (χ3n) is 2.73. The maximum absolute atomic E-state index is 12.9. The first-order valence-electron chi connectivity index (χ1n) is 5.51. The predicted octanol–water partition coefficient (Wildman–Crippen LogP) is 1.19. The van der Waals surface area contributed by atoms with Crippen LogP contribution in [0.2, 0.25) is 0 Å². The molecule has 0 unspecified atom stereocenters. The van der Waals surface area contributed by atoms with E-state index in [1.54, 1.807) is 12.1 Å². The van der Waals surface area contributed by atoms with Crippen molar-refractivity contribution in [3.8, 4) is 0 Å². The third-order valence-corrected chi connectivity index (χ3v) is 2.73. The number of hydrogen-bond donors (Lipinski definition) is 2. The lowest BCUT2D eigenvalue weighted by Crippen LogP contribution is -2.39. The molecule has 1 aromatic rings. The van der Waals surface area contributed by atoms with Crippen LogP contribution in [0.3, 0.4) is 0 Å². The third kappa shape index (κ3) is 2.79. The smallest absolute Gasteiger partial charge is 0.237 e. The summed E-state index contributed by atoms with van der Waals surface area (Å²) in [6.07, 6.45) is 1.92. The Bertz CT molecular complexity index is 375. The fraction of sp³-hybridized carbons (Fsp3) is 0.417. The lowest BCUT2D eigenvalue weighted by molar-refractivity contribution is -0.122. The van der Waals surface area contributed by atoms with Crippen molar-refractivity contribution in [2.45, 2.75) is 25.4 Å². The number of carbonyl (C=O) groups excluding carboxylic acids is 1. The highest BCUT2D eigenvalue weighted by Gasteiger charge is 2.21. The summed E-state index contributed by atoms with van der Waals surface area (Å²) in [7, 11) is 0. The molecule has 3 nitrogen and oxygen atoms in total. The molecule has 0 radical (unpaired) electrons. The van der Waals surface area contributed by atoms with Gasteiger partial charge in [0.05, 0.1) is 6.04 Å². The maximum atomic E-state index is 12.9. The van der Waals surface area contributed by atoms with Gasteiger partial charge in [0.2, 0.25) is 5.91 Å². The van der Waals surface area contributed by atoms with Crippen molar-refractivity contribution in [1.29, 1.82) is 0 Å². The molecule has 4 heteroatoms. The van der Waals surface area contributed by atoms with E-state index in [2.05, 4.69) is 10.6 Å². The number of amides is 1. The summed E-state index contributed by atoms with van der Waals surface area (Å²) in [6.45, 7) is 1.28. The van der Waals surface area contributed by atoms with Crippen LogP contribution in [0.5, 0.6) is 0 Å². The molecule has 1 fully saturated rings. The molecule has 0 aromatic heterocycles. The largest absolute Gasteiger partial charge is 0.351 e.